The third-order valence-electron chi connectivity index (χ3n) is 4.42. The van der Waals surface area contributed by atoms with Crippen LogP contribution in [0.2, 0.25) is 5.02 Å². The summed E-state index contributed by atoms with van der Waals surface area (Å²) in [6, 6.07) is 7.49. The highest BCUT2D eigenvalue weighted by molar-refractivity contribution is 6.30. The van der Waals surface area contributed by atoms with Crippen LogP contribution < -0.4 is 10.6 Å². The van der Waals surface area contributed by atoms with Gasteiger partial charge in [0.25, 0.3) is 5.91 Å². The SMILES string of the molecule is CCc1c(C(=O)NCCN2CCNCC2)cnn1-c1cccc(Cl)c1.Cl. The number of amides is 1. The van der Waals surface area contributed by atoms with Crippen molar-refractivity contribution in [3.63, 3.8) is 0 Å². The minimum absolute atomic E-state index is 0. The topological polar surface area (TPSA) is 62.2 Å². The van der Waals surface area contributed by atoms with E-state index in [2.05, 4.69) is 20.6 Å². The first-order valence-electron chi connectivity index (χ1n) is 8.73. The number of halogens is 2. The monoisotopic (exact) mass is 397 g/mol. The molecule has 1 fully saturated rings. The summed E-state index contributed by atoms with van der Waals surface area (Å²) in [5, 5.41) is 11.4. The van der Waals surface area contributed by atoms with Crippen LogP contribution in [0, 0.1) is 0 Å². The molecule has 6 nitrogen and oxygen atoms in total. The second-order valence-corrected chi connectivity index (χ2v) is 6.53. The summed E-state index contributed by atoms with van der Waals surface area (Å²) in [6.07, 6.45) is 2.35. The van der Waals surface area contributed by atoms with E-state index in [1.807, 2.05) is 31.2 Å². The predicted molar refractivity (Wildman–Crippen MR) is 107 cm³/mol. The minimum Gasteiger partial charge on any atom is -0.351 e. The van der Waals surface area contributed by atoms with Crippen molar-refractivity contribution in [1.29, 1.82) is 0 Å². The van der Waals surface area contributed by atoms with E-state index in [1.54, 1.807) is 10.9 Å². The van der Waals surface area contributed by atoms with Gasteiger partial charge >= 0.3 is 0 Å². The van der Waals surface area contributed by atoms with E-state index in [9.17, 15) is 4.79 Å². The average molecular weight is 398 g/mol. The standard InChI is InChI=1S/C18H24ClN5O.ClH/c1-2-17-16(13-22-24(17)15-5-3-4-14(19)12-15)18(25)21-8-11-23-9-6-20-7-10-23;/h3-5,12-13,20H,2,6-11H2,1H3,(H,21,25);1H. The fourth-order valence-corrected chi connectivity index (χ4v) is 3.28. The molecular weight excluding hydrogens is 373 g/mol. The number of piperazine rings is 1. The molecule has 2 N–H and O–H groups in total. The molecule has 1 aliphatic heterocycles. The van der Waals surface area contributed by atoms with Crippen LogP contribution in [0.3, 0.4) is 0 Å². The average Bonchev–Trinajstić information content (AvgIpc) is 3.06. The first-order valence-corrected chi connectivity index (χ1v) is 9.11. The molecule has 1 aromatic carbocycles. The zero-order valence-corrected chi connectivity index (χ0v) is 16.4. The lowest BCUT2D eigenvalue weighted by molar-refractivity contribution is 0.0946. The summed E-state index contributed by atoms with van der Waals surface area (Å²) in [7, 11) is 0. The second kappa shape index (κ2) is 9.92. The molecule has 0 atom stereocenters. The van der Waals surface area contributed by atoms with Crippen LogP contribution in [0.1, 0.15) is 23.0 Å². The maximum Gasteiger partial charge on any atom is 0.254 e. The smallest absolute Gasteiger partial charge is 0.254 e. The number of carbonyl (C=O) groups is 1. The molecule has 0 saturated carbocycles. The van der Waals surface area contributed by atoms with Crippen molar-refractivity contribution in [1.82, 2.24) is 25.3 Å². The van der Waals surface area contributed by atoms with Crippen molar-refractivity contribution in [3.8, 4) is 5.69 Å². The highest BCUT2D eigenvalue weighted by Crippen LogP contribution is 2.19. The summed E-state index contributed by atoms with van der Waals surface area (Å²) >= 11 is 6.07. The van der Waals surface area contributed by atoms with E-state index < -0.39 is 0 Å². The van der Waals surface area contributed by atoms with Gasteiger partial charge in [0.2, 0.25) is 0 Å². The largest absolute Gasteiger partial charge is 0.351 e. The molecule has 1 aliphatic rings. The fraction of sp³-hybridized carbons (Fsp3) is 0.444. The van der Waals surface area contributed by atoms with E-state index in [-0.39, 0.29) is 18.3 Å². The minimum atomic E-state index is -0.0692. The zero-order chi connectivity index (χ0) is 17.6. The molecule has 0 unspecified atom stereocenters. The van der Waals surface area contributed by atoms with Gasteiger partial charge in [0.1, 0.15) is 0 Å². The molecule has 8 heteroatoms. The number of nitrogens with one attached hydrogen (secondary N) is 2. The molecule has 0 spiro atoms. The summed E-state index contributed by atoms with van der Waals surface area (Å²) in [5.41, 5.74) is 2.38. The van der Waals surface area contributed by atoms with Gasteiger partial charge in [-0.2, -0.15) is 5.10 Å². The van der Waals surface area contributed by atoms with Gasteiger partial charge in [-0.1, -0.05) is 24.6 Å². The molecule has 3 rings (SSSR count). The van der Waals surface area contributed by atoms with Crippen molar-refractivity contribution >= 4 is 29.9 Å². The van der Waals surface area contributed by atoms with Crippen molar-refractivity contribution in [2.75, 3.05) is 39.3 Å². The lowest BCUT2D eigenvalue weighted by atomic mass is 10.2. The van der Waals surface area contributed by atoms with Gasteiger partial charge in [0.15, 0.2) is 0 Å². The third-order valence-corrected chi connectivity index (χ3v) is 4.66. The molecule has 1 amide bonds. The molecule has 142 valence electrons. The quantitative estimate of drug-likeness (QED) is 0.783. The van der Waals surface area contributed by atoms with Crippen molar-refractivity contribution < 1.29 is 4.79 Å². The molecule has 1 saturated heterocycles. The molecule has 2 heterocycles. The van der Waals surface area contributed by atoms with Crippen LogP contribution in [-0.2, 0) is 6.42 Å². The maximum atomic E-state index is 12.6. The molecule has 26 heavy (non-hydrogen) atoms. The van der Waals surface area contributed by atoms with Gasteiger partial charge in [0.05, 0.1) is 23.1 Å². The number of hydrogen-bond acceptors (Lipinski definition) is 4. The molecule has 2 aromatic rings. The first kappa shape index (κ1) is 20.7. The molecule has 0 radical (unpaired) electrons. The van der Waals surface area contributed by atoms with Crippen LogP contribution in [-0.4, -0.2) is 59.9 Å². The molecular formula is C18H25Cl2N5O. The Hall–Kier alpha value is -1.60. The van der Waals surface area contributed by atoms with Crippen molar-refractivity contribution in [2.24, 2.45) is 0 Å². The summed E-state index contributed by atoms with van der Waals surface area (Å²) < 4.78 is 1.79. The van der Waals surface area contributed by atoms with Crippen LogP contribution >= 0.6 is 24.0 Å². The Kier molecular flexibility index (Phi) is 7.90. The Morgan fingerprint density at radius 1 is 1.35 bits per heavy atom. The van der Waals surface area contributed by atoms with Crippen molar-refractivity contribution in [2.45, 2.75) is 13.3 Å². The molecule has 0 bridgehead atoms. The summed E-state index contributed by atoms with van der Waals surface area (Å²) in [4.78, 5) is 14.9. The zero-order valence-electron chi connectivity index (χ0n) is 14.9. The van der Waals surface area contributed by atoms with Gasteiger partial charge < -0.3 is 10.6 Å². The molecule has 1 aromatic heterocycles. The van der Waals surface area contributed by atoms with Gasteiger partial charge in [0, 0.05) is 44.3 Å². The Morgan fingerprint density at radius 3 is 2.81 bits per heavy atom. The van der Waals surface area contributed by atoms with E-state index in [1.165, 1.54) is 0 Å². The number of nitrogens with zero attached hydrogens (tertiary/aromatic N) is 3. The van der Waals surface area contributed by atoms with Gasteiger partial charge in [-0.25, -0.2) is 4.68 Å². The van der Waals surface area contributed by atoms with Gasteiger partial charge in [-0.05, 0) is 24.6 Å². The van der Waals surface area contributed by atoms with E-state index in [0.717, 1.165) is 44.1 Å². The van der Waals surface area contributed by atoms with E-state index in [4.69, 9.17) is 11.6 Å². The third kappa shape index (κ3) is 4.98. The summed E-state index contributed by atoms with van der Waals surface area (Å²) in [6.45, 7) is 7.63. The Bertz CT molecular complexity index is 728. The normalized spacial score (nSPS) is 14.7. The van der Waals surface area contributed by atoms with Crippen LogP contribution in [0.5, 0.6) is 0 Å². The molecule has 0 aliphatic carbocycles. The Labute approximate surface area is 165 Å². The summed E-state index contributed by atoms with van der Waals surface area (Å²) in [5.74, 6) is -0.0692. The number of aromatic nitrogens is 2. The second-order valence-electron chi connectivity index (χ2n) is 6.10. The Balaban J connectivity index is 0.00000243. The number of benzene rings is 1. The van der Waals surface area contributed by atoms with Crippen LogP contribution in [0.4, 0.5) is 0 Å². The predicted octanol–water partition coefficient (Wildman–Crippen LogP) is 2.14. The highest BCUT2D eigenvalue weighted by atomic mass is 35.5. The van der Waals surface area contributed by atoms with Gasteiger partial charge in [-0.15, -0.1) is 12.4 Å². The van der Waals surface area contributed by atoms with E-state index in [0.29, 0.717) is 23.6 Å². The lowest BCUT2D eigenvalue weighted by Crippen LogP contribution is -2.46. The fourth-order valence-electron chi connectivity index (χ4n) is 3.09. The number of rotatable bonds is 6. The van der Waals surface area contributed by atoms with E-state index >= 15 is 0 Å². The van der Waals surface area contributed by atoms with Crippen LogP contribution in [0.15, 0.2) is 30.5 Å². The lowest BCUT2D eigenvalue weighted by Gasteiger charge is -2.27. The highest BCUT2D eigenvalue weighted by Gasteiger charge is 2.17. The Morgan fingerprint density at radius 2 is 2.12 bits per heavy atom. The van der Waals surface area contributed by atoms with Gasteiger partial charge in [-0.3, -0.25) is 9.69 Å². The first-order chi connectivity index (χ1) is 12.2. The number of hydrogen-bond donors (Lipinski definition) is 2. The van der Waals surface area contributed by atoms with Crippen LogP contribution in [0.25, 0.3) is 5.69 Å². The maximum absolute atomic E-state index is 12.6. The number of carbonyl (C=O) groups excluding carboxylic acids is 1. The van der Waals surface area contributed by atoms with Crippen molar-refractivity contribution in [3.05, 3.63) is 46.7 Å².